The van der Waals surface area contributed by atoms with Gasteiger partial charge in [0.2, 0.25) is 0 Å². The van der Waals surface area contributed by atoms with Crippen molar-refractivity contribution >= 4 is 21.7 Å². The highest BCUT2D eigenvalue weighted by Crippen LogP contribution is 2.10. The Kier molecular flexibility index (Phi) is 4.33. The summed E-state index contributed by atoms with van der Waals surface area (Å²) in [5.41, 5.74) is 0.775. The van der Waals surface area contributed by atoms with Crippen LogP contribution in [0.5, 0.6) is 0 Å². The molecule has 1 aromatic rings. The summed E-state index contributed by atoms with van der Waals surface area (Å²) in [6.07, 6.45) is 3.55. The molecule has 1 fully saturated rings. The van der Waals surface area contributed by atoms with Gasteiger partial charge < -0.3 is 10.6 Å². The Morgan fingerprint density at radius 3 is 2.75 bits per heavy atom. The molecule has 0 bridgehead atoms. The molecule has 0 saturated carbocycles. The maximum absolute atomic E-state index is 11.6. The lowest BCUT2D eigenvalue weighted by Gasteiger charge is -2.10. The van der Waals surface area contributed by atoms with E-state index in [1.54, 1.807) is 24.5 Å². The van der Waals surface area contributed by atoms with Crippen molar-refractivity contribution in [3.8, 4) is 0 Å². The van der Waals surface area contributed by atoms with Gasteiger partial charge in [-0.05, 0) is 18.1 Å². The van der Waals surface area contributed by atoms with Gasteiger partial charge in [0.1, 0.15) is 0 Å². The summed E-state index contributed by atoms with van der Waals surface area (Å²) >= 11 is 0. The Morgan fingerprint density at radius 2 is 2.15 bits per heavy atom. The molecule has 1 aliphatic heterocycles. The highest BCUT2D eigenvalue weighted by molar-refractivity contribution is 7.91. The lowest BCUT2D eigenvalue weighted by molar-refractivity contribution is -0.139. The zero-order valence-electron chi connectivity index (χ0n) is 10.7. The van der Waals surface area contributed by atoms with Crippen molar-refractivity contribution in [3.63, 3.8) is 0 Å². The molecule has 1 aromatic heterocycles. The van der Waals surface area contributed by atoms with E-state index in [-0.39, 0.29) is 18.1 Å². The number of nitrogens with one attached hydrogen (secondary N) is 2. The van der Waals surface area contributed by atoms with Gasteiger partial charge in [0, 0.05) is 25.0 Å². The summed E-state index contributed by atoms with van der Waals surface area (Å²) in [6.45, 7) is 0.197. The predicted molar refractivity (Wildman–Crippen MR) is 71.3 cm³/mol. The molecular formula is C12H15N3O4S. The average molecular weight is 297 g/mol. The molecule has 20 heavy (non-hydrogen) atoms. The third-order valence-corrected chi connectivity index (χ3v) is 4.72. The second kappa shape index (κ2) is 6.00. The van der Waals surface area contributed by atoms with Gasteiger partial charge >= 0.3 is 11.8 Å². The van der Waals surface area contributed by atoms with Crippen LogP contribution in [-0.4, -0.2) is 42.8 Å². The van der Waals surface area contributed by atoms with E-state index in [0.29, 0.717) is 6.42 Å². The Hall–Kier alpha value is -1.96. The number of hydrogen-bond acceptors (Lipinski definition) is 5. The van der Waals surface area contributed by atoms with E-state index in [0.717, 1.165) is 5.56 Å². The Balaban J connectivity index is 1.79. The van der Waals surface area contributed by atoms with Gasteiger partial charge in [-0.2, -0.15) is 0 Å². The number of pyridine rings is 1. The van der Waals surface area contributed by atoms with Gasteiger partial charge in [-0.15, -0.1) is 0 Å². The van der Waals surface area contributed by atoms with Crippen molar-refractivity contribution in [2.45, 2.75) is 19.0 Å². The fraction of sp³-hybridized carbons (Fsp3) is 0.417. The highest BCUT2D eigenvalue weighted by Gasteiger charge is 2.30. The normalized spacial score (nSPS) is 20.3. The number of hydrogen-bond donors (Lipinski definition) is 2. The van der Waals surface area contributed by atoms with E-state index in [4.69, 9.17) is 0 Å². The quantitative estimate of drug-likeness (QED) is 0.696. The summed E-state index contributed by atoms with van der Waals surface area (Å²) in [7, 11) is -3.08. The largest absolute Gasteiger partial charge is 0.344 e. The molecule has 2 N–H and O–H groups in total. The molecule has 0 aliphatic carbocycles. The third-order valence-electron chi connectivity index (χ3n) is 2.95. The van der Waals surface area contributed by atoms with Crippen LogP contribution in [0.3, 0.4) is 0 Å². The average Bonchev–Trinajstić information content (AvgIpc) is 2.76. The maximum Gasteiger partial charge on any atom is 0.309 e. The maximum atomic E-state index is 11.6. The van der Waals surface area contributed by atoms with Crippen molar-refractivity contribution in [2.24, 2.45) is 0 Å². The zero-order valence-corrected chi connectivity index (χ0v) is 11.5. The molecule has 0 radical (unpaired) electrons. The summed E-state index contributed by atoms with van der Waals surface area (Å²) in [5, 5.41) is 4.88. The van der Waals surface area contributed by atoms with Crippen molar-refractivity contribution in [2.75, 3.05) is 11.5 Å². The van der Waals surface area contributed by atoms with Crippen molar-refractivity contribution in [3.05, 3.63) is 30.1 Å². The molecule has 108 valence electrons. The third kappa shape index (κ3) is 4.02. The van der Waals surface area contributed by atoms with Crippen LogP contribution in [0.25, 0.3) is 0 Å². The first kappa shape index (κ1) is 14.4. The molecule has 2 amide bonds. The first-order valence-corrected chi connectivity index (χ1v) is 7.96. The SMILES string of the molecule is O=C(NCc1cccnc1)C(=O)NC1CCS(=O)(=O)C1. The molecule has 0 spiro atoms. The molecule has 1 aliphatic rings. The van der Waals surface area contributed by atoms with Crippen LogP contribution in [0.2, 0.25) is 0 Å². The molecular weight excluding hydrogens is 282 g/mol. The number of nitrogens with zero attached hydrogens (tertiary/aromatic N) is 1. The second-order valence-corrected chi connectivity index (χ2v) is 6.85. The van der Waals surface area contributed by atoms with Gasteiger partial charge in [-0.1, -0.05) is 6.07 Å². The summed E-state index contributed by atoms with van der Waals surface area (Å²) in [5.74, 6) is -1.64. The minimum absolute atomic E-state index is 0.0508. The summed E-state index contributed by atoms with van der Waals surface area (Å²) in [4.78, 5) is 27.1. The van der Waals surface area contributed by atoms with E-state index in [1.165, 1.54) is 0 Å². The van der Waals surface area contributed by atoms with Crippen LogP contribution in [0, 0.1) is 0 Å². The molecule has 1 saturated heterocycles. The van der Waals surface area contributed by atoms with Crippen LogP contribution in [0.1, 0.15) is 12.0 Å². The van der Waals surface area contributed by atoms with Crippen LogP contribution in [0.15, 0.2) is 24.5 Å². The minimum Gasteiger partial charge on any atom is -0.344 e. The summed E-state index contributed by atoms with van der Waals surface area (Å²) in [6, 6.07) is 3.02. The fourth-order valence-electron chi connectivity index (χ4n) is 1.93. The molecule has 0 aromatic carbocycles. The first-order valence-electron chi connectivity index (χ1n) is 6.14. The van der Waals surface area contributed by atoms with Gasteiger partial charge in [-0.3, -0.25) is 14.6 Å². The number of amides is 2. The smallest absolute Gasteiger partial charge is 0.309 e. The molecule has 1 atom stereocenters. The number of carbonyl (C=O) groups excluding carboxylic acids is 2. The Morgan fingerprint density at radius 1 is 1.35 bits per heavy atom. The standard InChI is InChI=1S/C12H15N3O4S/c16-11(14-7-9-2-1-4-13-6-9)12(17)15-10-3-5-20(18,19)8-10/h1-2,4,6,10H,3,5,7-8H2,(H,14,16)(H,15,17). The molecule has 2 heterocycles. The van der Waals surface area contributed by atoms with Gasteiger partial charge in [0.15, 0.2) is 9.84 Å². The predicted octanol–water partition coefficient (Wildman–Crippen LogP) is -0.999. The van der Waals surface area contributed by atoms with Crippen molar-refractivity contribution < 1.29 is 18.0 Å². The van der Waals surface area contributed by atoms with Gasteiger partial charge in [0.25, 0.3) is 0 Å². The number of sulfone groups is 1. The van der Waals surface area contributed by atoms with Crippen LogP contribution >= 0.6 is 0 Å². The number of aromatic nitrogens is 1. The van der Waals surface area contributed by atoms with Gasteiger partial charge in [0.05, 0.1) is 11.5 Å². The lowest BCUT2D eigenvalue weighted by atomic mass is 10.2. The van der Waals surface area contributed by atoms with E-state index in [9.17, 15) is 18.0 Å². The molecule has 2 rings (SSSR count). The lowest BCUT2D eigenvalue weighted by Crippen LogP contribution is -2.44. The van der Waals surface area contributed by atoms with Crippen LogP contribution in [-0.2, 0) is 26.0 Å². The monoisotopic (exact) mass is 297 g/mol. The number of carbonyl (C=O) groups is 2. The van der Waals surface area contributed by atoms with Crippen LogP contribution < -0.4 is 10.6 Å². The Bertz CT molecular complexity index is 600. The van der Waals surface area contributed by atoms with Crippen LogP contribution in [0.4, 0.5) is 0 Å². The van der Waals surface area contributed by atoms with E-state index in [1.807, 2.05) is 0 Å². The fourth-order valence-corrected chi connectivity index (χ4v) is 3.60. The van der Waals surface area contributed by atoms with E-state index < -0.39 is 27.7 Å². The highest BCUT2D eigenvalue weighted by atomic mass is 32.2. The molecule has 8 heteroatoms. The topological polar surface area (TPSA) is 105 Å². The van der Waals surface area contributed by atoms with Gasteiger partial charge in [-0.25, -0.2) is 8.42 Å². The molecule has 1 unspecified atom stereocenters. The second-order valence-electron chi connectivity index (χ2n) is 4.62. The van der Waals surface area contributed by atoms with Crippen molar-refractivity contribution in [1.82, 2.24) is 15.6 Å². The molecule has 7 nitrogen and oxygen atoms in total. The van der Waals surface area contributed by atoms with Crippen molar-refractivity contribution in [1.29, 1.82) is 0 Å². The zero-order chi connectivity index (χ0) is 14.6. The number of rotatable bonds is 3. The Labute approximate surface area is 116 Å². The first-order chi connectivity index (χ1) is 9.46. The minimum atomic E-state index is -3.08. The van der Waals surface area contributed by atoms with E-state index >= 15 is 0 Å². The van der Waals surface area contributed by atoms with E-state index in [2.05, 4.69) is 15.6 Å². The summed E-state index contributed by atoms with van der Waals surface area (Å²) < 4.78 is 22.5.